The highest BCUT2D eigenvalue weighted by Gasteiger charge is 2.14. The van der Waals surface area contributed by atoms with Gasteiger partial charge in [-0.3, -0.25) is 14.2 Å². The molecule has 0 fully saturated rings. The predicted octanol–water partition coefficient (Wildman–Crippen LogP) is 3.87. The standard InChI is InChI=1S/C21H24ClN3O4S/c1-14(2)28-10-4-8-25-20(27)17-7-6-15(22)11-18(17)24-21(25)30-13-19(26)23-12-16-5-3-9-29-16/h3,5-7,9,11,14H,4,8,10,12-13H2,1-2H3,(H,23,26). The van der Waals surface area contributed by atoms with Crippen LogP contribution >= 0.6 is 23.4 Å². The number of nitrogens with one attached hydrogen (secondary N) is 1. The monoisotopic (exact) mass is 449 g/mol. The van der Waals surface area contributed by atoms with Crippen molar-refractivity contribution in [2.24, 2.45) is 0 Å². The van der Waals surface area contributed by atoms with E-state index in [0.29, 0.717) is 53.0 Å². The highest BCUT2D eigenvalue weighted by Crippen LogP contribution is 2.20. The van der Waals surface area contributed by atoms with E-state index in [2.05, 4.69) is 10.3 Å². The molecule has 0 radical (unpaired) electrons. The van der Waals surface area contributed by atoms with Crippen LogP contribution in [0.15, 0.2) is 51.0 Å². The van der Waals surface area contributed by atoms with Crippen molar-refractivity contribution in [1.82, 2.24) is 14.9 Å². The third-order valence-corrected chi connectivity index (χ3v) is 5.44. The average Bonchev–Trinajstić information content (AvgIpc) is 3.22. The minimum atomic E-state index is -0.175. The fourth-order valence-corrected chi connectivity index (χ4v) is 3.82. The van der Waals surface area contributed by atoms with Gasteiger partial charge < -0.3 is 14.5 Å². The van der Waals surface area contributed by atoms with Crippen LogP contribution in [-0.2, 0) is 22.6 Å². The van der Waals surface area contributed by atoms with Crippen molar-refractivity contribution in [3.05, 3.63) is 57.7 Å². The number of hydrogen-bond acceptors (Lipinski definition) is 6. The van der Waals surface area contributed by atoms with E-state index < -0.39 is 0 Å². The zero-order valence-corrected chi connectivity index (χ0v) is 18.5. The molecular weight excluding hydrogens is 426 g/mol. The van der Waals surface area contributed by atoms with Gasteiger partial charge in [-0.05, 0) is 50.6 Å². The molecule has 0 aliphatic heterocycles. The number of carbonyl (C=O) groups excluding carboxylic acids is 1. The van der Waals surface area contributed by atoms with Crippen molar-refractivity contribution in [3.8, 4) is 0 Å². The Morgan fingerprint density at radius 1 is 1.37 bits per heavy atom. The van der Waals surface area contributed by atoms with E-state index in [4.69, 9.17) is 20.8 Å². The normalized spacial score (nSPS) is 11.3. The van der Waals surface area contributed by atoms with Crippen LogP contribution in [0.2, 0.25) is 5.02 Å². The van der Waals surface area contributed by atoms with Crippen LogP contribution in [0.4, 0.5) is 0 Å². The molecule has 0 bridgehead atoms. The van der Waals surface area contributed by atoms with E-state index in [-0.39, 0.29) is 23.3 Å². The molecule has 0 saturated carbocycles. The number of furan rings is 1. The van der Waals surface area contributed by atoms with Crippen molar-refractivity contribution < 1.29 is 13.9 Å². The molecule has 0 saturated heterocycles. The molecule has 2 heterocycles. The lowest BCUT2D eigenvalue weighted by atomic mass is 10.2. The summed E-state index contributed by atoms with van der Waals surface area (Å²) in [5.74, 6) is 0.627. The molecule has 30 heavy (non-hydrogen) atoms. The summed E-state index contributed by atoms with van der Waals surface area (Å²) in [6.07, 6.45) is 2.35. The summed E-state index contributed by atoms with van der Waals surface area (Å²) in [4.78, 5) is 29.9. The largest absolute Gasteiger partial charge is 0.467 e. The van der Waals surface area contributed by atoms with Crippen molar-refractivity contribution >= 4 is 40.2 Å². The molecule has 0 spiro atoms. The molecule has 0 unspecified atom stereocenters. The summed E-state index contributed by atoms with van der Waals surface area (Å²) in [5, 5.41) is 4.27. The van der Waals surface area contributed by atoms with Crippen LogP contribution in [0.3, 0.4) is 0 Å². The number of halogens is 1. The van der Waals surface area contributed by atoms with Gasteiger partial charge in [0, 0.05) is 18.2 Å². The van der Waals surface area contributed by atoms with Gasteiger partial charge >= 0.3 is 0 Å². The Morgan fingerprint density at radius 3 is 2.93 bits per heavy atom. The van der Waals surface area contributed by atoms with Gasteiger partial charge in [0.15, 0.2) is 5.16 Å². The molecule has 160 valence electrons. The topological polar surface area (TPSA) is 86.4 Å². The first-order valence-corrected chi connectivity index (χ1v) is 11.0. The van der Waals surface area contributed by atoms with Gasteiger partial charge in [0.1, 0.15) is 5.76 Å². The van der Waals surface area contributed by atoms with Crippen molar-refractivity contribution in [3.63, 3.8) is 0 Å². The SMILES string of the molecule is CC(C)OCCCn1c(SCC(=O)NCc2ccco2)nc2cc(Cl)ccc2c1=O. The van der Waals surface area contributed by atoms with Gasteiger partial charge in [0.05, 0.1) is 35.6 Å². The second kappa shape index (κ2) is 10.7. The molecular formula is C21H24ClN3O4S. The number of amides is 1. The molecule has 1 aromatic carbocycles. The summed E-state index contributed by atoms with van der Waals surface area (Å²) in [6.45, 7) is 5.24. The lowest BCUT2D eigenvalue weighted by Gasteiger charge is -2.14. The Morgan fingerprint density at radius 2 is 2.20 bits per heavy atom. The Bertz CT molecular complexity index is 1050. The molecule has 0 atom stereocenters. The number of fused-ring (bicyclic) bond motifs is 1. The van der Waals surface area contributed by atoms with Crippen LogP contribution in [0, 0.1) is 0 Å². The minimum absolute atomic E-state index is 0.127. The van der Waals surface area contributed by atoms with Crippen LogP contribution in [0.25, 0.3) is 10.9 Å². The van der Waals surface area contributed by atoms with Gasteiger partial charge in [0.2, 0.25) is 5.91 Å². The van der Waals surface area contributed by atoms with Gasteiger partial charge in [-0.2, -0.15) is 0 Å². The van der Waals surface area contributed by atoms with Gasteiger partial charge in [-0.25, -0.2) is 4.98 Å². The fourth-order valence-electron chi connectivity index (χ4n) is 2.80. The Balaban J connectivity index is 1.75. The maximum absolute atomic E-state index is 13.0. The van der Waals surface area contributed by atoms with Gasteiger partial charge in [0.25, 0.3) is 5.56 Å². The number of nitrogens with zero attached hydrogens (tertiary/aromatic N) is 2. The fraction of sp³-hybridized carbons (Fsp3) is 0.381. The summed E-state index contributed by atoms with van der Waals surface area (Å²) in [6, 6.07) is 8.57. The highest BCUT2D eigenvalue weighted by atomic mass is 35.5. The molecule has 3 rings (SSSR count). The first kappa shape index (κ1) is 22.4. The quantitative estimate of drug-likeness (QED) is 0.287. The summed E-state index contributed by atoms with van der Waals surface area (Å²) < 4.78 is 12.4. The van der Waals surface area contributed by atoms with Crippen LogP contribution in [0.5, 0.6) is 0 Å². The number of rotatable bonds is 10. The highest BCUT2D eigenvalue weighted by molar-refractivity contribution is 7.99. The lowest BCUT2D eigenvalue weighted by molar-refractivity contribution is -0.118. The first-order chi connectivity index (χ1) is 14.4. The number of ether oxygens (including phenoxy) is 1. The van der Waals surface area contributed by atoms with Crippen molar-refractivity contribution in [1.29, 1.82) is 0 Å². The second-order valence-electron chi connectivity index (χ2n) is 6.93. The number of carbonyl (C=O) groups is 1. The van der Waals surface area contributed by atoms with Gasteiger partial charge in [-0.1, -0.05) is 23.4 Å². The zero-order chi connectivity index (χ0) is 21.5. The summed E-state index contributed by atoms with van der Waals surface area (Å²) >= 11 is 7.28. The van der Waals surface area contributed by atoms with E-state index in [1.807, 2.05) is 13.8 Å². The molecule has 7 nitrogen and oxygen atoms in total. The predicted molar refractivity (Wildman–Crippen MR) is 118 cm³/mol. The lowest BCUT2D eigenvalue weighted by Crippen LogP contribution is -2.27. The smallest absolute Gasteiger partial charge is 0.262 e. The molecule has 3 aromatic rings. The molecule has 2 aromatic heterocycles. The third kappa shape index (κ3) is 6.10. The number of thioether (sulfide) groups is 1. The molecule has 1 amide bonds. The molecule has 1 N–H and O–H groups in total. The Kier molecular flexibility index (Phi) is 7.95. The van der Waals surface area contributed by atoms with Crippen molar-refractivity contribution in [2.45, 2.75) is 44.6 Å². The summed E-state index contributed by atoms with van der Waals surface area (Å²) in [5.41, 5.74) is 0.361. The molecule has 0 aliphatic rings. The number of benzene rings is 1. The Labute approximate surface area is 183 Å². The maximum atomic E-state index is 13.0. The maximum Gasteiger partial charge on any atom is 0.262 e. The third-order valence-electron chi connectivity index (χ3n) is 4.23. The van der Waals surface area contributed by atoms with Gasteiger partial charge in [-0.15, -0.1) is 0 Å². The number of aromatic nitrogens is 2. The van der Waals surface area contributed by atoms with E-state index >= 15 is 0 Å². The van der Waals surface area contributed by atoms with Crippen LogP contribution in [0.1, 0.15) is 26.0 Å². The van der Waals surface area contributed by atoms with E-state index in [1.165, 1.54) is 11.8 Å². The molecule has 0 aliphatic carbocycles. The van der Waals surface area contributed by atoms with E-state index in [1.54, 1.807) is 41.2 Å². The van der Waals surface area contributed by atoms with Crippen LogP contribution < -0.4 is 10.9 Å². The Hall–Kier alpha value is -2.29. The summed E-state index contributed by atoms with van der Waals surface area (Å²) in [7, 11) is 0. The van der Waals surface area contributed by atoms with Crippen LogP contribution in [-0.4, -0.2) is 33.9 Å². The second-order valence-corrected chi connectivity index (χ2v) is 8.31. The number of hydrogen-bond donors (Lipinski definition) is 1. The molecule has 9 heteroatoms. The minimum Gasteiger partial charge on any atom is -0.467 e. The average molecular weight is 450 g/mol. The first-order valence-electron chi connectivity index (χ1n) is 9.67. The van der Waals surface area contributed by atoms with E-state index in [9.17, 15) is 9.59 Å². The van der Waals surface area contributed by atoms with Crippen molar-refractivity contribution in [2.75, 3.05) is 12.4 Å². The van der Waals surface area contributed by atoms with E-state index in [0.717, 1.165) is 0 Å². The zero-order valence-electron chi connectivity index (χ0n) is 16.9.